The highest BCUT2D eigenvalue weighted by Crippen LogP contribution is 2.31. The van der Waals surface area contributed by atoms with Gasteiger partial charge in [0.05, 0.1) is 10.0 Å². The number of aryl methyl sites for hydroxylation is 1. The molecule has 1 heterocycles. The van der Waals surface area contributed by atoms with Crippen molar-refractivity contribution in [2.24, 2.45) is 0 Å². The van der Waals surface area contributed by atoms with Crippen molar-refractivity contribution in [1.82, 2.24) is 4.98 Å². The number of hydrogen-bond donors (Lipinski definition) is 2. The first-order chi connectivity index (χ1) is 9.63. The molecule has 0 aliphatic carbocycles. The summed E-state index contributed by atoms with van der Waals surface area (Å²) in [6.45, 7) is 4.87. The Hall–Kier alpha value is -1.45. The zero-order valence-electron chi connectivity index (χ0n) is 11.5. The van der Waals surface area contributed by atoms with Crippen molar-refractivity contribution in [2.75, 3.05) is 17.2 Å². The number of pyridine rings is 1. The molecule has 0 unspecified atom stereocenters. The lowest BCUT2D eigenvalue weighted by molar-refractivity contribution is 1.14. The number of aromatic nitrogens is 1. The minimum Gasteiger partial charge on any atom is -0.369 e. The van der Waals surface area contributed by atoms with Gasteiger partial charge in [0.15, 0.2) is 5.82 Å². The molecule has 5 heteroatoms. The molecule has 1 aromatic heterocycles. The number of rotatable bonds is 5. The smallest absolute Gasteiger partial charge is 0.151 e. The van der Waals surface area contributed by atoms with Crippen LogP contribution in [-0.4, -0.2) is 11.5 Å². The summed E-state index contributed by atoms with van der Waals surface area (Å²) in [5, 5.41) is 7.33. The summed E-state index contributed by atoms with van der Waals surface area (Å²) in [4.78, 5) is 4.41. The standard InChI is InChI=1S/C15H17Cl2N3/c1-3-10-5-7-11(8-6-10)19-15-13(17)9-12(16)14(20-15)18-4-2/h5-9H,3-4H2,1-2H3,(H2,18,19,20). The van der Waals surface area contributed by atoms with E-state index in [1.807, 2.05) is 19.1 Å². The second kappa shape index (κ2) is 6.82. The summed E-state index contributed by atoms with van der Waals surface area (Å²) in [7, 11) is 0. The van der Waals surface area contributed by atoms with Crippen LogP contribution in [0.25, 0.3) is 0 Å². The number of nitrogens with zero attached hydrogens (tertiary/aromatic N) is 1. The van der Waals surface area contributed by atoms with Gasteiger partial charge in [-0.3, -0.25) is 0 Å². The van der Waals surface area contributed by atoms with Crippen molar-refractivity contribution in [1.29, 1.82) is 0 Å². The molecule has 0 aliphatic rings. The van der Waals surface area contributed by atoms with Gasteiger partial charge in [-0.25, -0.2) is 4.98 Å². The van der Waals surface area contributed by atoms with Crippen LogP contribution in [0.1, 0.15) is 19.4 Å². The SMILES string of the molecule is CCNc1nc(Nc2ccc(CC)cc2)c(Cl)cc1Cl. The van der Waals surface area contributed by atoms with E-state index in [0.29, 0.717) is 21.7 Å². The van der Waals surface area contributed by atoms with Gasteiger partial charge < -0.3 is 10.6 Å². The van der Waals surface area contributed by atoms with Gasteiger partial charge in [0.25, 0.3) is 0 Å². The predicted molar refractivity (Wildman–Crippen MR) is 87.5 cm³/mol. The van der Waals surface area contributed by atoms with Gasteiger partial charge in [-0.05, 0) is 37.1 Å². The molecule has 0 aliphatic heterocycles. The number of benzene rings is 1. The normalized spacial score (nSPS) is 10.4. The largest absolute Gasteiger partial charge is 0.369 e. The highest BCUT2D eigenvalue weighted by Gasteiger charge is 2.09. The Morgan fingerprint density at radius 3 is 2.25 bits per heavy atom. The molecule has 0 saturated carbocycles. The Balaban J connectivity index is 2.25. The number of hydrogen-bond acceptors (Lipinski definition) is 3. The maximum atomic E-state index is 6.17. The molecule has 20 heavy (non-hydrogen) atoms. The van der Waals surface area contributed by atoms with Crippen molar-refractivity contribution in [3.8, 4) is 0 Å². The van der Waals surface area contributed by atoms with Gasteiger partial charge in [0.2, 0.25) is 0 Å². The summed E-state index contributed by atoms with van der Waals surface area (Å²) < 4.78 is 0. The monoisotopic (exact) mass is 309 g/mol. The summed E-state index contributed by atoms with van der Waals surface area (Å²) in [5.74, 6) is 1.22. The Labute approximate surface area is 129 Å². The highest BCUT2D eigenvalue weighted by atomic mass is 35.5. The lowest BCUT2D eigenvalue weighted by atomic mass is 10.1. The first-order valence-corrected chi connectivity index (χ1v) is 7.35. The van der Waals surface area contributed by atoms with Crippen LogP contribution in [0.4, 0.5) is 17.3 Å². The zero-order valence-corrected chi connectivity index (χ0v) is 13.0. The van der Waals surface area contributed by atoms with Crippen LogP contribution in [0, 0.1) is 0 Å². The molecule has 0 amide bonds. The molecule has 0 radical (unpaired) electrons. The molecular weight excluding hydrogens is 293 g/mol. The van der Waals surface area contributed by atoms with Crippen LogP contribution in [-0.2, 0) is 6.42 Å². The van der Waals surface area contributed by atoms with E-state index in [1.54, 1.807) is 6.07 Å². The van der Waals surface area contributed by atoms with E-state index in [1.165, 1.54) is 5.56 Å². The third-order valence-corrected chi connectivity index (χ3v) is 3.47. The lowest BCUT2D eigenvalue weighted by Gasteiger charge is -2.12. The van der Waals surface area contributed by atoms with Crippen LogP contribution in [0.2, 0.25) is 10.0 Å². The Morgan fingerprint density at radius 1 is 1.00 bits per heavy atom. The van der Waals surface area contributed by atoms with Gasteiger partial charge in [0.1, 0.15) is 5.82 Å². The minimum absolute atomic E-state index is 0.497. The third-order valence-electron chi connectivity index (χ3n) is 2.90. The van der Waals surface area contributed by atoms with Crippen molar-refractivity contribution < 1.29 is 0 Å². The summed E-state index contributed by atoms with van der Waals surface area (Å²) in [6.07, 6.45) is 1.02. The van der Waals surface area contributed by atoms with E-state index in [4.69, 9.17) is 23.2 Å². The number of anilines is 3. The van der Waals surface area contributed by atoms with E-state index in [2.05, 4.69) is 34.7 Å². The van der Waals surface area contributed by atoms with E-state index in [0.717, 1.165) is 18.7 Å². The van der Waals surface area contributed by atoms with E-state index in [9.17, 15) is 0 Å². The average molecular weight is 310 g/mol. The molecule has 106 valence electrons. The molecule has 2 N–H and O–H groups in total. The first kappa shape index (κ1) is 14.9. The fraction of sp³-hybridized carbons (Fsp3) is 0.267. The number of nitrogens with one attached hydrogen (secondary N) is 2. The van der Waals surface area contributed by atoms with Crippen molar-refractivity contribution in [3.05, 3.63) is 45.9 Å². The Morgan fingerprint density at radius 2 is 1.65 bits per heavy atom. The molecule has 2 aromatic rings. The fourth-order valence-corrected chi connectivity index (χ4v) is 2.28. The highest BCUT2D eigenvalue weighted by molar-refractivity contribution is 6.37. The van der Waals surface area contributed by atoms with Gasteiger partial charge in [0, 0.05) is 12.2 Å². The third kappa shape index (κ3) is 3.56. The van der Waals surface area contributed by atoms with Crippen LogP contribution in [0.3, 0.4) is 0 Å². The maximum absolute atomic E-state index is 6.17. The summed E-state index contributed by atoms with van der Waals surface area (Å²) in [6, 6.07) is 9.88. The predicted octanol–water partition coefficient (Wildman–Crippen LogP) is 5.13. The van der Waals surface area contributed by atoms with Crippen LogP contribution in [0.15, 0.2) is 30.3 Å². The maximum Gasteiger partial charge on any atom is 0.151 e. The van der Waals surface area contributed by atoms with E-state index in [-0.39, 0.29) is 0 Å². The molecule has 0 spiro atoms. The van der Waals surface area contributed by atoms with Crippen molar-refractivity contribution in [2.45, 2.75) is 20.3 Å². The van der Waals surface area contributed by atoms with Crippen LogP contribution < -0.4 is 10.6 Å². The molecule has 3 nitrogen and oxygen atoms in total. The molecule has 0 bridgehead atoms. The van der Waals surface area contributed by atoms with Crippen LogP contribution in [0.5, 0.6) is 0 Å². The molecule has 0 fully saturated rings. The van der Waals surface area contributed by atoms with Gasteiger partial charge in [-0.15, -0.1) is 0 Å². The molecule has 0 atom stereocenters. The van der Waals surface area contributed by atoms with E-state index >= 15 is 0 Å². The van der Waals surface area contributed by atoms with Crippen molar-refractivity contribution >= 4 is 40.5 Å². The topological polar surface area (TPSA) is 37.0 Å². The van der Waals surface area contributed by atoms with Gasteiger partial charge in [-0.2, -0.15) is 0 Å². The number of halogens is 2. The zero-order chi connectivity index (χ0) is 14.5. The molecule has 0 saturated heterocycles. The van der Waals surface area contributed by atoms with Crippen LogP contribution >= 0.6 is 23.2 Å². The van der Waals surface area contributed by atoms with Crippen molar-refractivity contribution in [3.63, 3.8) is 0 Å². The molecular formula is C15H17Cl2N3. The minimum atomic E-state index is 0.497. The van der Waals surface area contributed by atoms with E-state index < -0.39 is 0 Å². The summed E-state index contributed by atoms with van der Waals surface area (Å²) in [5.41, 5.74) is 2.24. The summed E-state index contributed by atoms with van der Waals surface area (Å²) >= 11 is 12.3. The lowest BCUT2D eigenvalue weighted by Crippen LogP contribution is -2.03. The fourth-order valence-electron chi connectivity index (χ4n) is 1.81. The second-order valence-electron chi connectivity index (χ2n) is 4.36. The Bertz CT molecular complexity index is 582. The van der Waals surface area contributed by atoms with Gasteiger partial charge in [-0.1, -0.05) is 42.3 Å². The average Bonchev–Trinajstić information content (AvgIpc) is 2.45. The molecule has 1 aromatic carbocycles. The molecule has 2 rings (SSSR count). The quantitative estimate of drug-likeness (QED) is 0.804. The Kier molecular flexibility index (Phi) is 5.10. The van der Waals surface area contributed by atoms with Gasteiger partial charge >= 0.3 is 0 Å². The second-order valence-corrected chi connectivity index (χ2v) is 5.17. The first-order valence-electron chi connectivity index (χ1n) is 6.60.